The summed E-state index contributed by atoms with van der Waals surface area (Å²) in [7, 11) is 0. The van der Waals surface area contributed by atoms with E-state index in [4.69, 9.17) is 0 Å². The molecule has 19 heavy (non-hydrogen) atoms. The van der Waals surface area contributed by atoms with Crippen molar-refractivity contribution in [3.05, 3.63) is 30.1 Å². The minimum absolute atomic E-state index is 0.260. The zero-order valence-electron chi connectivity index (χ0n) is 11.1. The number of carbonyl (C=O) groups is 1. The zero-order chi connectivity index (χ0) is 13.6. The third-order valence-corrected chi connectivity index (χ3v) is 3.52. The summed E-state index contributed by atoms with van der Waals surface area (Å²) in [4.78, 5) is 15.8. The van der Waals surface area contributed by atoms with Gasteiger partial charge in [0.15, 0.2) is 0 Å². The van der Waals surface area contributed by atoms with E-state index in [9.17, 15) is 9.90 Å². The standard InChI is InChI=1S/C14H21N3O2/c18-13(16-10-12-6-2-5-9-15-12)17-11-14(19)7-3-1-4-8-14/h2,5-6,9,19H,1,3-4,7-8,10-11H2,(H2,16,17,18). The molecule has 104 valence electrons. The summed E-state index contributed by atoms with van der Waals surface area (Å²) < 4.78 is 0. The number of nitrogens with one attached hydrogen (secondary N) is 2. The monoisotopic (exact) mass is 263 g/mol. The Morgan fingerprint density at radius 2 is 2.05 bits per heavy atom. The number of aliphatic hydroxyl groups is 1. The molecule has 0 bridgehead atoms. The van der Waals surface area contributed by atoms with Gasteiger partial charge in [0.05, 0.1) is 17.8 Å². The summed E-state index contributed by atoms with van der Waals surface area (Å²) in [5.41, 5.74) is 0.0923. The Morgan fingerprint density at radius 3 is 2.74 bits per heavy atom. The third kappa shape index (κ3) is 4.52. The highest BCUT2D eigenvalue weighted by Crippen LogP contribution is 2.27. The largest absolute Gasteiger partial charge is 0.388 e. The van der Waals surface area contributed by atoms with Crippen LogP contribution in [0.2, 0.25) is 0 Å². The highest BCUT2D eigenvalue weighted by molar-refractivity contribution is 5.73. The fraction of sp³-hybridized carbons (Fsp3) is 0.571. The van der Waals surface area contributed by atoms with Crippen LogP contribution in [0.15, 0.2) is 24.4 Å². The normalized spacial score (nSPS) is 17.7. The number of aromatic nitrogens is 1. The van der Waals surface area contributed by atoms with Gasteiger partial charge in [-0.05, 0) is 25.0 Å². The third-order valence-electron chi connectivity index (χ3n) is 3.52. The molecule has 0 radical (unpaired) electrons. The minimum atomic E-state index is -0.722. The molecule has 0 spiro atoms. The quantitative estimate of drug-likeness (QED) is 0.772. The van der Waals surface area contributed by atoms with Crippen molar-refractivity contribution in [1.29, 1.82) is 0 Å². The average molecular weight is 263 g/mol. The first-order chi connectivity index (χ1) is 9.18. The maximum absolute atomic E-state index is 11.6. The summed E-state index contributed by atoms with van der Waals surface area (Å²) in [6.07, 6.45) is 6.48. The number of hydrogen-bond donors (Lipinski definition) is 3. The van der Waals surface area contributed by atoms with Crippen LogP contribution in [0.25, 0.3) is 0 Å². The van der Waals surface area contributed by atoms with E-state index in [1.807, 2.05) is 18.2 Å². The molecule has 2 rings (SSSR count). The molecule has 0 aliphatic heterocycles. The van der Waals surface area contributed by atoms with E-state index in [-0.39, 0.29) is 6.03 Å². The molecule has 0 unspecified atom stereocenters. The lowest BCUT2D eigenvalue weighted by Gasteiger charge is -2.32. The Balaban J connectivity index is 1.70. The van der Waals surface area contributed by atoms with Crippen molar-refractivity contribution in [3.8, 4) is 0 Å². The van der Waals surface area contributed by atoms with Gasteiger partial charge in [0.2, 0.25) is 0 Å². The SMILES string of the molecule is O=C(NCc1ccccn1)NCC1(O)CCCCC1. The Hall–Kier alpha value is -1.62. The number of carbonyl (C=O) groups excluding carboxylic acids is 1. The van der Waals surface area contributed by atoms with E-state index in [0.29, 0.717) is 13.1 Å². The molecule has 3 N–H and O–H groups in total. The van der Waals surface area contributed by atoms with Crippen LogP contribution < -0.4 is 10.6 Å². The van der Waals surface area contributed by atoms with Crippen molar-refractivity contribution in [2.45, 2.75) is 44.2 Å². The molecule has 1 fully saturated rings. The number of amides is 2. The lowest BCUT2D eigenvalue weighted by atomic mass is 9.85. The fourth-order valence-electron chi connectivity index (χ4n) is 2.37. The molecule has 0 aromatic carbocycles. The molecule has 1 heterocycles. The second-order valence-electron chi connectivity index (χ2n) is 5.14. The van der Waals surface area contributed by atoms with E-state index in [1.54, 1.807) is 6.20 Å². The van der Waals surface area contributed by atoms with Gasteiger partial charge in [-0.1, -0.05) is 25.3 Å². The van der Waals surface area contributed by atoms with E-state index in [0.717, 1.165) is 31.4 Å². The van der Waals surface area contributed by atoms with Crippen LogP contribution in [0.3, 0.4) is 0 Å². The van der Waals surface area contributed by atoms with E-state index in [1.165, 1.54) is 6.42 Å². The van der Waals surface area contributed by atoms with Crippen molar-refractivity contribution < 1.29 is 9.90 Å². The Morgan fingerprint density at radius 1 is 1.26 bits per heavy atom. The first-order valence-electron chi connectivity index (χ1n) is 6.82. The van der Waals surface area contributed by atoms with Crippen molar-refractivity contribution in [1.82, 2.24) is 15.6 Å². The Kier molecular flexibility index (Phi) is 4.74. The number of rotatable bonds is 4. The van der Waals surface area contributed by atoms with E-state index < -0.39 is 5.60 Å². The second kappa shape index (κ2) is 6.52. The van der Waals surface area contributed by atoms with Gasteiger partial charge in [0.1, 0.15) is 0 Å². The molecule has 5 heteroatoms. The van der Waals surface area contributed by atoms with Crippen LogP contribution in [0, 0.1) is 0 Å². The first kappa shape index (κ1) is 13.8. The van der Waals surface area contributed by atoms with Gasteiger partial charge in [-0.2, -0.15) is 0 Å². The Bertz CT molecular complexity index is 402. The van der Waals surface area contributed by atoms with Crippen molar-refractivity contribution in [2.24, 2.45) is 0 Å². The van der Waals surface area contributed by atoms with Crippen LogP contribution in [-0.2, 0) is 6.54 Å². The summed E-state index contributed by atoms with van der Waals surface area (Å²) in [6.45, 7) is 0.714. The fourth-order valence-corrected chi connectivity index (χ4v) is 2.37. The minimum Gasteiger partial charge on any atom is -0.388 e. The molecule has 0 atom stereocenters. The lowest BCUT2D eigenvalue weighted by Crippen LogP contribution is -2.47. The van der Waals surface area contributed by atoms with Crippen LogP contribution in [-0.4, -0.2) is 28.3 Å². The van der Waals surface area contributed by atoms with Gasteiger partial charge in [-0.25, -0.2) is 4.79 Å². The van der Waals surface area contributed by atoms with Crippen LogP contribution in [0.1, 0.15) is 37.8 Å². The molecule has 1 saturated carbocycles. The second-order valence-corrected chi connectivity index (χ2v) is 5.14. The Labute approximate surface area is 113 Å². The lowest BCUT2D eigenvalue weighted by molar-refractivity contribution is 0.00719. The summed E-state index contributed by atoms with van der Waals surface area (Å²) in [5, 5.41) is 15.7. The zero-order valence-corrected chi connectivity index (χ0v) is 11.1. The van der Waals surface area contributed by atoms with Gasteiger partial charge in [-0.3, -0.25) is 4.98 Å². The maximum atomic E-state index is 11.6. The number of nitrogens with zero attached hydrogens (tertiary/aromatic N) is 1. The number of urea groups is 1. The van der Waals surface area contributed by atoms with Gasteiger partial charge < -0.3 is 15.7 Å². The van der Waals surface area contributed by atoms with E-state index >= 15 is 0 Å². The summed E-state index contributed by atoms with van der Waals surface area (Å²) in [6, 6.07) is 5.31. The summed E-state index contributed by atoms with van der Waals surface area (Å²) >= 11 is 0. The van der Waals surface area contributed by atoms with Gasteiger partial charge >= 0.3 is 6.03 Å². The summed E-state index contributed by atoms with van der Waals surface area (Å²) in [5.74, 6) is 0. The van der Waals surface area contributed by atoms with Crippen molar-refractivity contribution in [3.63, 3.8) is 0 Å². The molecule has 1 aliphatic rings. The van der Waals surface area contributed by atoms with Crippen molar-refractivity contribution in [2.75, 3.05) is 6.54 Å². The van der Waals surface area contributed by atoms with Gasteiger partial charge in [0, 0.05) is 12.7 Å². The molecule has 1 aromatic heterocycles. The molecule has 5 nitrogen and oxygen atoms in total. The maximum Gasteiger partial charge on any atom is 0.315 e. The average Bonchev–Trinajstić information content (AvgIpc) is 2.45. The molecule has 0 saturated heterocycles. The molecular formula is C14H21N3O2. The topological polar surface area (TPSA) is 74.2 Å². The number of hydrogen-bond acceptors (Lipinski definition) is 3. The predicted molar refractivity (Wildman–Crippen MR) is 72.5 cm³/mol. The van der Waals surface area contributed by atoms with Crippen LogP contribution in [0.5, 0.6) is 0 Å². The molecule has 1 aromatic rings. The first-order valence-corrected chi connectivity index (χ1v) is 6.82. The van der Waals surface area contributed by atoms with Gasteiger partial charge in [-0.15, -0.1) is 0 Å². The van der Waals surface area contributed by atoms with Crippen LogP contribution in [0.4, 0.5) is 4.79 Å². The van der Waals surface area contributed by atoms with Gasteiger partial charge in [0.25, 0.3) is 0 Å². The predicted octanol–water partition coefficient (Wildman–Crippen LogP) is 1.58. The van der Waals surface area contributed by atoms with E-state index in [2.05, 4.69) is 15.6 Å². The molecule has 1 aliphatic carbocycles. The van der Waals surface area contributed by atoms with Crippen molar-refractivity contribution >= 4 is 6.03 Å². The number of pyridine rings is 1. The molecule has 2 amide bonds. The highest BCUT2D eigenvalue weighted by Gasteiger charge is 2.29. The molecular weight excluding hydrogens is 242 g/mol. The smallest absolute Gasteiger partial charge is 0.315 e. The van der Waals surface area contributed by atoms with Crippen LogP contribution >= 0.6 is 0 Å². The highest BCUT2D eigenvalue weighted by atomic mass is 16.3.